The number of hydrogen-bond donors (Lipinski definition) is 2. The highest BCUT2D eigenvalue weighted by atomic mass is 14.9. The Morgan fingerprint density at radius 1 is 1.10 bits per heavy atom. The molecule has 1 heterocycles. The standard InChI is InChI=1S/C17H23N3/c1-11-7-12(2)9-14(8-11)20-16-4-3-13-10-19-6-5-15(13)17(16)18/h3-6,10-12,14,20H,7-9,18H2,1-2H3. The van der Waals surface area contributed by atoms with Gasteiger partial charge in [0, 0.05) is 29.2 Å². The van der Waals surface area contributed by atoms with Crippen molar-refractivity contribution < 1.29 is 0 Å². The maximum atomic E-state index is 6.32. The molecule has 2 atom stereocenters. The minimum atomic E-state index is 0.537. The van der Waals surface area contributed by atoms with E-state index in [2.05, 4.69) is 36.3 Å². The fraction of sp³-hybridized carbons (Fsp3) is 0.471. The van der Waals surface area contributed by atoms with E-state index in [0.29, 0.717) is 6.04 Å². The van der Waals surface area contributed by atoms with E-state index in [1.54, 1.807) is 6.20 Å². The molecule has 2 unspecified atom stereocenters. The maximum Gasteiger partial charge on any atom is 0.0630 e. The second-order valence-corrected chi connectivity index (χ2v) is 6.38. The molecule has 1 aliphatic rings. The van der Waals surface area contributed by atoms with Crippen molar-refractivity contribution in [2.24, 2.45) is 11.8 Å². The lowest BCUT2D eigenvalue weighted by Gasteiger charge is -2.33. The summed E-state index contributed by atoms with van der Waals surface area (Å²) in [5, 5.41) is 5.84. The van der Waals surface area contributed by atoms with Crippen LogP contribution in [0.4, 0.5) is 11.4 Å². The van der Waals surface area contributed by atoms with Gasteiger partial charge >= 0.3 is 0 Å². The number of nitrogens with zero attached hydrogens (tertiary/aromatic N) is 1. The maximum absolute atomic E-state index is 6.32. The summed E-state index contributed by atoms with van der Waals surface area (Å²) < 4.78 is 0. The second kappa shape index (κ2) is 5.31. The van der Waals surface area contributed by atoms with E-state index in [0.717, 1.165) is 34.0 Å². The molecule has 1 saturated carbocycles. The van der Waals surface area contributed by atoms with Gasteiger partial charge in [-0.1, -0.05) is 19.9 Å². The van der Waals surface area contributed by atoms with Crippen LogP contribution in [0.1, 0.15) is 33.1 Å². The molecule has 0 aliphatic heterocycles. The molecule has 3 rings (SSSR count). The SMILES string of the molecule is CC1CC(C)CC(Nc2ccc3cnccc3c2N)C1. The van der Waals surface area contributed by atoms with E-state index >= 15 is 0 Å². The molecule has 1 fully saturated rings. The van der Waals surface area contributed by atoms with E-state index in [1.807, 2.05) is 12.3 Å². The molecule has 3 nitrogen and oxygen atoms in total. The summed E-state index contributed by atoms with van der Waals surface area (Å²) in [6, 6.07) is 6.71. The normalized spacial score (nSPS) is 26.6. The molecule has 1 aromatic heterocycles. The van der Waals surface area contributed by atoms with Crippen molar-refractivity contribution in [3.05, 3.63) is 30.6 Å². The summed E-state index contributed by atoms with van der Waals surface area (Å²) in [6.45, 7) is 4.69. The predicted octanol–water partition coefficient (Wildman–Crippen LogP) is 4.05. The molecule has 0 radical (unpaired) electrons. The van der Waals surface area contributed by atoms with Gasteiger partial charge in [-0.2, -0.15) is 0 Å². The summed E-state index contributed by atoms with van der Waals surface area (Å²) in [5.41, 5.74) is 8.22. The smallest absolute Gasteiger partial charge is 0.0630 e. The number of aromatic nitrogens is 1. The molecule has 106 valence electrons. The minimum absolute atomic E-state index is 0.537. The van der Waals surface area contributed by atoms with Crippen LogP contribution in [-0.4, -0.2) is 11.0 Å². The van der Waals surface area contributed by atoms with Gasteiger partial charge in [-0.3, -0.25) is 4.98 Å². The number of fused-ring (bicyclic) bond motifs is 1. The van der Waals surface area contributed by atoms with Crippen molar-refractivity contribution in [1.82, 2.24) is 4.98 Å². The van der Waals surface area contributed by atoms with Gasteiger partial charge in [-0.25, -0.2) is 0 Å². The lowest BCUT2D eigenvalue weighted by atomic mass is 9.80. The van der Waals surface area contributed by atoms with Crippen LogP contribution in [0.2, 0.25) is 0 Å². The van der Waals surface area contributed by atoms with Crippen LogP contribution < -0.4 is 11.1 Å². The summed E-state index contributed by atoms with van der Waals surface area (Å²) in [4.78, 5) is 4.14. The minimum Gasteiger partial charge on any atom is -0.397 e. The number of nitrogens with one attached hydrogen (secondary N) is 1. The Labute approximate surface area is 120 Å². The molecule has 0 amide bonds. The molecule has 2 aromatic rings. The lowest BCUT2D eigenvalue weighted by Crippen LogP contribution is -2.30. The van der Waals surface area contributed by atoms with Gasteiger partial charge in [0.15, 0.2) is 0 Å². The van der Waals surface area contributed by atoms with Gasteiger partial charge in [-0.15, -0.1) is 0 Å². The van der Waals surface area contributed by atoms with Crippen molar-refractivity contribution in [1.29, 1.82) is 0 Å². The number of hydrogen-bond acceptors (Lipinski definition) is 3. The van der Waals surface area contributed by atoms with Gasteiger partial charge in [0.1, 0.15) is 0 Å². The third-order valence-electron chi connectivity index (χ3n) is 4.40. The zero-order chi connectivity index (χ0) is 14.1. The number of benzene rings is 1. The average Bonchev–Trinajstić information content (AvgIpc) is 2.41. The summed E-state index contributed by atoms with van der Waals surface area (Å²) >= 11 is 0. The van der Waals surface area contributed by atoms with Gasteiger partial charge in [0.05, 0.1) is 11.4 Å². The molecule has 0 bridgehead atoms. The number of rotatable bonds is 2. The van der Waals surface area contributed by atoms with Crippen molar-refractivity contribution in [3.8, 4) is 0 Å². The van der Waals surface area contributed by atoms with Gasteiger partial charge in [0.2, 0.25) is 0 Å². The Bertz CT molecular complexity index is 598. The quantitative estimate of drug-likeness (QED) is 0.808. The number of nitrogen functional groups attached to an aromatic ring is 1. The van der Waals surface area contributed by atoms with Gasteiger partial charge in [-0.05, 0) is 43.2 Å². The van der Waals surface area contributed by atoms with Crippen LogP contribution in [0.3, 0.4) is 0 Å². The first-order chi connectivity index (χ1) is 9.63. The molecular weight excluding hydrogens is 246 g/mol. The highest BCUT2D eigenvalue weighted by Crippen LogP contribution is 2.33. The number of pyridine rings is 1. The fourth-order valence-corrected chi connectivity index (χ4v) is 3.60. The van der Waals surface area contributed by atoms with Crippen LogP contribution in [0.5, 0.6) is 0 Å². The van der Waals surface area contributed by atoms with E-state index in [4.69, 9.17) is 5.73 Å². The Balaban J connectivity index is 1.85. The second-order valence-electron chi connectivity index (χ2n) is 6.38. The lowest BCUT2D eigenvalue weighted by molar-refractivity contribution is 0.281. The number of anilines is 2. The van der Waals surface area contributed by atoms with Crippen molar-refractivity contribution in [2.75, 3.05) is 11.1 Å². The van der Waals surface area contributed by atoms with E-state index in [1.165, 1.54) is 19.3 Å². The molecule has 3 heteroatoms. The predicted molar refractivity (Wildman–Crippen MR) is 85.7 cm³/mol. The highest BCUT2D eigenvalue weighted by molar-refractivity contribution is 5.98. The first kappa shape index (κ1) is 13.2. The zero-order valence-corrected chi connectivity index (χ0v) is 12.3. The third-order valence-corrected chi connectivity index (χ3v) is 4.40. The van der Waals surface area contributed by atoms with Crippen molar-refractivity contribution >= 4 is 22.1 Å². The van der Waals surface area contributed by atoms with Crippen LogP contribution in [0, 0.1) is 11.8 Å². The topological polar surface area (TPSA) is 50.9 Å². The fourth-order valence-electron chi connectivity index (χ4n) is 3.60. The zero-order valence-electron chi connectivity index (χ0n) is 12.3. The van der Waals surface area contributed by atoms with E-state index < -0.39 is 0 Å². The Morgan fingerprint density at radius 2 is 1.85 bits per heavy atom. The largest absolute Gasteiger partial charge is 0.397 e. The summed E-state index contributed by atoms with van der Waals surface area (Å²) in [6.07, 6.45) is 7.47. The highest BCUT2D eigenvalue weighted by Gasteiger charge is 2.24. The molecule has 0 saturated heterocycles. The Kier molecular flexibility index (Phi) is 3.51. The molecule has 0 spiro atoms. The van der Waals surface area contributed by atoms with E-state index in [-0.39, 0.29) is 0 Å². The van der Waals surface area contributed by atoms with Crippen molar-refractivity contribution in [2.45, 2.75) is 39.2 Å². The Hall–Kier alpha value is -1.77. The summed E-state index contributed by atoms with van der Waals surface area (Å²) in [5.74, 6) is 1.59. The van der Waals surface area contributed by atoms with Crippen molar-refractivity contribution in [3.63, 3.8) is 0 Å². The van der Waals surface area contributed by atoms with E-state index in [9.17, 15) is 0 Å². The molecule has 20 heavy (non-hydrogen) atoms. The average molecular weight is 269 g/mol. The first-order valence-electron chi connectivity index (χ1n) is 7.52. The van der Waals surface area contributed by atoms with Gasteiger partial charge in [0.25, 0.3) is 0 Å². The molecular formula is C17H23N3. The Morgan fingerprint density at radius 3 is 2.60 bits per heavy atom. The van der Waals surface area contributed by atoms with Gasteiger partial charge < -0.3 is 11.1 Å². The van der Waals surface area contributed by atoms with Crippen LogP contribution in [0.25, 0.3) is 10.8 Å². The molecule has 1 aliphatic carbocycles. The number of nitrogens with two attached hydrogens (primary N) is 1. The summed E-state index contributed by atoms with van der Waals surface area (Å²) in [7, 11) is 0. The van der Waals surface area contributed by atoms with Crippen LogP contribution in [0.15, 0.2) is 30.6 Å². The first-order valence-corrected chi connectivity index (χ1v) is 7.52. The van der Waals surface area contributed by atoms with Crippen LogP contribution in [-0.2, 0) is 0 Å². The molecule has 1 aromatic carbocycles. The van der Waals surface area contributed by atoms with Crippen LogP contribution >= 0.6 is 0 Å². The third kappa shape index (κ3) is 2.58. The molecule has 3 N–H and O–H groups in total. The monoisotopic (exact) mass is 269 g/mol.